The van der Waals surface area contributed by atoms with Gasteiger partial charge in [-0.25, -0.2) is 22.2 Å². The molecule has 0 fully saturated rings. The van der Waals surface area contributed by atoms with E-state index in [4.69, 9.17) is 0 Å². The number of carbonyl (C=O) groups is 1. The molecule has 2 aromatic heterocycles. The lowest BCUT2D eigenvalue weighted by Crippen LogP contribution is -2.18. The number of nitrogens with one attached hydrogen (secondary N) is 2. The first-order chi connectivity index (χ1) is 12.7. The maximum Gasteiger partial charge on any atom is 0.232 e. The number of halogens is 2. The van der Waals surface area contributed by atoms with Gasteiger partial charge in [0.05, 0.1) is 17.0 Å². The van der Waals surface area contributed by atoms with E-state index in [0.717, 1.165) is 17.7 Å². The second kappa shape index (κ2) is 7.07. The van der Waals surface area contributed by atoms with E-state index in [-0.39, 0.29) is 11.3 Å². The summed E-state index contributed by atoms with van der Waals surface area (Å²) in [5.74, 6) is -3.46. The van der Waals surface area contributed by atoms with Gasteiger partial charge in [0.25, 0.3) is 0 Å². The molecule has 0 aliphatic rings. The Morgan fingerprint density at radius 1 is 1.30 bits per heavy atom. The summed E-state index contributed by atoms with van der Waals surface area (Å²) in [6.45, 7) is 3.43. The van der Waals surface area contributed by atoms with Crippen LogP contribution in [0, 0.1) is 18.6 Å². The Morgan fingerprint density at radius 2 is 2.04 bits per heavy atom. The molecule has 0 saturated carbocycles. The number of pyridine rings is 1. The van der Waals surface area contributed by atoms with Crippen molar-refractivity contribution in [3.05, 3.63) is 58.9 Å². The fourth-order valence-electron chi connectivity index (χ4n) is 2.76. The first-order valence-electron chi connectivity index (χ1n) is 8.20. The monoisotopic (exact) mass is 393 g/mol. The van der Waals surface area contributed by atoms with Crippen molar-refractivity contribution in [1.29, 1.82) is 0 Å². The topological polar surface area (TPSA) is 91.9 Å². The summed E-state index contributed by atoms with van der Waals surface area (Å²) >= 11 is 0. The van der Waals surface area contributed by atoms with Crippen molar-refractivity contribution in [2.75, 3.05) is 10.5 Å². The minimum absolute atomic E-state index is 0.0487. The SMILES string of the molecule is CCCS(=O)(=O)Nc1ccc(F)c(C(=O)c2c[nH]c3ncc(C)cc23)c1F. The van der Waals surface area contributed by atoms with Gasteiger partial charge in [-0.2, -0.15) is 0 Å². The Balaban J connectivity index is 2.09. The van der Waals surface area contributed by atoms with Crippen LogP contribution in [0.5, 0.6) is 0 Å². The number of aromatic amines is 1. The Morgan fingerprint density at radius 3 is 2.74 bits per heavy atom. The highest BCUT2D eigenvalue weighted by Crippen LogP contribution is 2.27. The van der Waals surface area contributed by atoms with Crippen LogP contribution < -0.4 is 4.72 Å². The molecule has 0 aliphatic heterocycles. The number of nitrogens with zero attached hydrogens (tertiary/aromatic N) is 1. The number of hydrogen-bond acceptors (Lipinski definition) is 4. The minimum atomic E-state index is -3.80. The van der Waals surface area contributed by atoms with Gasteiger partial charge in [0.2, 0.25) is 15.8 Å². The number of aryl methyl sites for hydroxylation is 1. The number of rotatable bonds is 6. The molecule has 2 N–H and O–H groups in total. The zero-order chi connectivity index (χ0) is 19.8. The van der Waals surface area contributed by atoms with Crippen LogP contribution >= 0.6 is 0 Å². The predicted molar refractivity (Wildman–Crippen MR) is 98.3 cm³/mol. The summed E-state index contributed by atoms with van der Waals surface area (Å²) in [4.78, 5) is 19.7. The molecule has 1 aromatic carbocycles. The standard InChI is InChI=1S/C18H17F2N3O3S/c1-3-6-27(25,26)23-14-5-4-13(19)15(16(14)20)17(24)12-9-22-18-11(12)7-10(2)8-21-18/h4-5,7-9,23H,3,6H2,1-2H3,(H,21,22). The lowest BCUT2D eigenvalue weighted by molar-refractivity contribution is 0.103. The van der Waals surface area contributed by atoms with Crippen LogP contribution in [0.4, 0.5) is 14.5 Å². The Labute approximate surface area is 154 Å². The third-order valence-electron chi connectivity index (χ3n) is 3.97. The highest BCUT2D eigenvalue weighted by atomic mass is 32.2. The van der Waals surface area contributed by atoms with Crippen LogP contribution in [-0.4, -0.2) is 29.9 Å². The Bertz CT molecular complexity index is 1140. The molecule has 0 bridgehead atoms. The van der Waals surface area contributed by atoms with Crippen molar-refractivity contribution in [2.45, 2.75) is 20.3 Å². The average molecular weight is 393 g/mol. The number of carbonyl (C=O) groups excluding carboxylic acids is 1. The number of fused-ring (bicyclic) bond motifs is 1. The quantitative estimate of drug-likeness (QED) is 0.627. The largest absolute Gasteiger partial charge is 0.345 e. The van der Waals surface area contributed by atoms with Gasteiger partial charge in [0, 0.05) is 23.3 Å². The van der Waals surface area contributed by atoms with Gasteiger partial charge in [-0.1, -0.05) is 6.92 Å². The molecular weight excluding hydrogens is 376 g/mol. The van der Waals surface area contributed by atoms with Crippen molar-refractivity contribution >= 4 is 32.5 Å². The first-order valence-corrected chi connectivity index (χ1v) is 9.85. The number of H-pyrrole nitrogens is 1. The van der Waals surface area contributed by atoms with Crippen molar-refractivity contribution in [3.8, 4) is 0 Å². The van der Waals surface area contributed by atoms with Crippen molar-refractivity contribution in [2.24, 2.45) is 0 Å². The molecule has 2 heterocycles. The maximum atomic E-state index is 14.8. The van der Waals surface area contributed by atoms with E-state index in [1.165, 1.54) is 6.20 Å². The average Bonchev–Trinajstić information content (AvgIpc) is 3.00. The number of aromatic nitrogens is 2. The summed E-state index contributed by atoms with van der Waals surface area (Å²) < 4.78 is 54.9. The molecule has 0 unspecified atom stereocenters. The summed E-state index contributed by atoms with van der Waals surface area (Å²) in [7, 11) is -3.80. The molecule has 3 aromatic rings. The van der Waals surface area contributed by atoms with E-state index in [2.05, 4.69) is 14.7 Å². The van der Waals surface area contributed by atoms with Gasteiger partial charge >= 0.3 is 0 Å². The summed E-state index contributed by atoms with van der Waals surface area (Å²) in [5, 5.41) is 0.427. The molecule has 9 heteroatoms. The van der Waals surface area contributed by atoms with Gasteiger partial charge < -0.3 is 4.98 Å². The van der Waals surface area contributed by atoms with Gasteiger partial charge in [0.1, 0.15) is 11.5 Å². The zero-order valence-electron chi connectivity index (χ0n) is 14.6. The van der Waals surface area contributed by atoms with E-state index in [1.54, 1.807) is 26.1 Å². The van der Waals surface area contributed by atoms with E-state index in [9.17, 15) is 22.0 Å². The van der Waals surface area contributed by atoms with Gasteiger partial charge in [-0.3, -0.25) is 9.52 Å². The first kappa shape index (κ1) is 19.0. The van der Waals surface area contributed by atoms with Crippen molar-refractivity contribution < 1.29 is 22.0 Å². The van der Waals surface area contributed by atoms with E-state index < -0.39 is 38.7 Å². The number of ketones is 1. The van der Waals surface area contributed by atoms with Crippen LogP contribution in [0.25, 0.3) is 11.0 Å². The fraction of sp³-hybridized carbons (Fsp3) is 0.222. The van der Waals surface area contributed by atoms with Gasteiger partial charge in [0.15, 0.2) is 5.82 Å². The molecule has 0 atom stereocenters. The highest BCUT2D eigenvalue weighted by molar-refractivity contribution is 7.92. The second-order valence-electron chi connectivity index (χ2n) is 6.15. The molecule has 6 nitrogen and oxygen atoms in total. The minimum Gasteiger partial charge on any atom is -0.345 e. The van der Waals surface area contributed by atoms with Gasteiger partial charge in [-0.15, -0.1) is 0 Å². The molecule has 0 radical (unpaired) electrons. The second-order valence-corrected chi connectivity index (χ2v) is 7.99. The number of sulfonamides is 1. The van der Waals surface area contributed by atoms with Crippen LogP contribution in [0.2, 0.25) is 0 Å². The van der Waals surface area contributed by atoms with Crippen LogP contribution in [-0.2, 0) is 10.0 Å². The third kappa shape index (κ3) is 3.68. The lowest BCUT2D eigenvalue weighted by atomic mass is 10.0. The Hall–Kier alpha value is -2.81. The summed E-state index contributed by atoms with van der Waals surface area (Å²) in [6.07, 6.45) is 3.25. The smallest absolute Gasteiger partial charge is 0.232 e. The van der Waals surface area contributed by atoms with Crippen molar-refractivity contribution in [3.63, 3.8) is 0 Å². The lowest BCUT2D eigenvalue weighted by Gasteiger charge is -2.11. The van der Waals surface area contributed by atoms with E-state index in [0.29, 0.717) is 17.5 Å². The molecular formula is C18H17F2N3O3S. The molecule has 0 spiro atoms. The molecule has 142 valence electrons. The van der Waals surface area contributed by atoms with Crippen LogP contribution in [0.15, 0.2) is 30.6 Å². The molecule has 0 aliphatic carbocycles. The van der Waals surface area contributed by atoms with Gasteiger partial charge in [-0.05, 0) is 37.1 Å². The number of anilines is 1. The predicted octanol–water partition coefficient (Wildman–Crippen LogP) is 3.53. The normalized spacial score (nSPS) is 11.7. The number of hydrogen-bond donors (Lipinski definition) is 2. The summed E-state index contributed by atoms with van der Waals surface area (Å²) in [6, 6.07) is 3.49. The Kier molecular flexibility index (Phi) is 4.97. The molecule has 0 amide bonds. The van der Waals surface area contributed by atoms with E-state index in [1.807, 2.05) is 0 Å². The fourth-order valence-corrected chi connectivity index (χ4v) is 3.89. The van der Waals surface area contributed by atoms with Crippen LogP contribution in [0.3, 0.4) is 0 Å². The summed E-state index contributed by atoms with van der Waals surface area (Å²) in [5.41, 5.74) is -0.0632. The number of benzene rings is 1. The van der Waals surface area contributed by atoms with E-state index >= 15 is 0 Å². The maximum absolute atomic E-state index is 14.8. The third-order valence-corrected chi connectivity index (χ3v) is 5.45. The molecule has 3 rings (SSSR count). The highest BCUT2D eigenvalue weighted by Gasteiger charge is 2.25. The zero-order valence-corrected chi connectivity index (χ0v) is 15.5. The molecule has 27 heavy (non-hydrogen) atoms. The molecule has 0 saturated heterocycles. The van der Waals surface area contributed by atoms with Crippen molar-refractivity contribution in [1.82, 2.24) is 9.97 Å². The van der Waals surface area contributed by atoms with Crippen LogP contribution in [0.1, 0.15) is 34.8 Å².